The van der Waals surface area contributed by atoms with Gasteiger partial charge in [-0.2, -0.15) is 0 Å². The third-order valence-corrected chi connectivity index (χ3v) is 3.00. The Morgan fingerprint density at radius 2 is 1.83 bits per heavy atom. The molecule has 1 aromatic carbocycles. The Morgan fingerprint density at radius 3 is 2.44 bits per heavy atom. The number of aryl methyl sites for hydroxylation is 2. The summed E-state index contributed by atoms with van der Waals surface area (Å²) >= 11 is 0. The van der Waals surface area contributed by atoms with E-state index in [0.29, 0.717) is 11.1 Å². The lowest BCUT2D eigenvalue weighted by molar-refractivity contribution is 0.101. The summed E-state index contributed by atoms with van der Waals surface area (Å²) in [5.74, 6) is 0.0376. The number of hydrogen-bond donors (Lipinski definition) is 0. The number of ketones is 1. The molecule has 3 nitrogen and oxygen atoms in total. The van der Waals surface area contributed by atoms with Crippen molar-refractivity contribution in [3.8, 4) is 5.69 Å². The first kappa shape index (κ1) is 12.3. The van der Waals surface area contributed by atoms with Crippen molar-refractivity contribution in [3.05, 3.63) is 63.6 Å². The summed E-state index contributed by atoms with van der Waals surface area (Å²) in [6, 6.07) is 9.05. The Hall–Kier alpha value is -2.16. The molecule has 0 aliphatic heterocycles. The van der Waals surface area contributed by atoms with Gasteiger partial charge in [-0.3, -0.25) is 14.2 Å². The monoisotopic (exact) mass is 241 g/mol. The maximum Gasteiger partial charge on any atom is 0.257 e. The van der Waals surface area contributed by atoms with Crippen molar-refractivity contribution in [3.63, 3.8) is 0 Å². The van der Waals surface area contributed by atoms with Crippen LogP contribution in [0.2, 0.25) is 0 Å². The van der Waals surface area contributed by atoms with Gasteiger partial charge in [0.15, 0.2) is 5.78 Å². The van der Waals surface area contributed by atoms with Crippen molar-refractivity contribution in [2.45, 2.75) is 20.8 Å². The second-order valence-electron chi connectivity index (χ2n) is 4.42. The number of carbonyl (C=O) groups is 1. The van der Waals surface area contributed by atoms with E-state index >= 15 is 0 Å². The third-order valence-electron chi connectivity index (χ3n) is 3.00. The standard InChI is InChI=1S/C15H15NO2/c1-10-5-4-8-16(15(10)18)13-6-7-14(12(3)17)11(2)9-13/h4-9H,1-3H3. The number of Topliss-reactive ketones (excluding diaryl/α,β-unsaturated/α-hetero) is 1. The molecule has 3 heteroatoms. The third kappa shape index (κ3) is 2.12. The molecular weight excluding hydrogens is 226 g/mol. The van der Waals surface area contributed by atoms with E-state index in [2.05, 4.69) is 0 Å². The van der Waals surface area contributed by atoms with Crippen LogP contribution in [-0.4, -0.2) is 10.4 Å². The molecule has 92 valence electrons. The first-order valence-corrected chi connectivity index (χ1v) is 5.81. The highest BCUT2D eigenvalue weighted by molar-refractivity contribution is 5.95. The molecule has 0 radical (unpaired) electrons. The highest BCUT2D eigenvalue weighted by Gasteiger charge is 2.07. The summed E-state index contributed by atoms with van der Waals surface area (Å²) in [5, 5.41) is 0. The second-order valence-corrected chi connectivity index (χ2v) is 4.42. The first-order chi connectivity index (χ1) is 8.50. The Bertz CT molecular complexity index is 668. The minimum Gasteiger partial charge on any atom is -0.295 e. The molecule has 0 fully saturated rings. The summed E-state index contributed by atoms with van der Waals surface area (Å²) < 4.78 is 1.59. The number of hydrogen-bond acceptors (Lipinski definition) is 2. The lowest BCUT2D eigenvalue weighted by Crippen LogP contribution is -2.19. The van der Waals surface area contributed by atoms with Crippen LogP contribution < -0.4 is 5.56 Å². The molecule has 0 aliphatic rings. The van der Waals surface area contributed by atoms with Gasteiger partial charge in [-0.05, 0) is 50.6 Å². The molecule has 2 rings (SSSR count). The minimum absolute atomic E-state index is 0.0347. The van der Waals surface area contributed by atoms with E-state index in [1.807, 2.05) is 19.1 Å². The van der Waals surface area contributed by atoms with E-state index in [4.69, 9.17) is 0 Å². The predicted octanol–water partition coefficient (Wildman–Crippen LogP) is 2.66. The summed E-state index contributed by atoms with van der Waals surface area (Å²) in [6.45, 7) is 5.21. The highest BCUT2D eigenvalue weighted by Crippen LogP contribution is 2.14. The lowest BCUT2D eigenvalue weighted by atomic mass is 10.0. The normalized spacial score (nSPS) is 10.4. The quantitative estimate of drug-likeness (QED) is 0.758. The average Bonchev–Trinajstić information content (AvgIpc) is 2.32. The molecule has 0 N–H and O–H groups in total. The van der Waals surface area contributed by atoms with Crippen LogP contribution in [0.4, 0.5) is 0 Å². The Kier molecular flexibility index (Phi) is 3.15. The SMILES string of the molecule is CC(=O)c1ccc(-n2cccc(C)c2=O)cc1C. The zero-order chi connectivity index (χ0) is 13.3. The molecular formula is C15H15NO2. The number of carbonyl (C=O) groups excluding carboxylic acids is 1. The van der Waals surface area contributed by atoms with Gasteiger partial charge < -0.3 is 0 Å². The average molecular weight is 241 g/mol. The van der Waals surface area contributed by atoms with Gasteiger partial charge in [-0.25, -0.2) is 0 Å². The number of aromatic nitrogens is 1. The fraction of sp³-hybridized carbons (Fsp3) is 0.200. The van der Waals surface area contributed by atoms with E-state index in [1.165, 1.54) is 0 Å². The summed E-state index contributed by atoms with van der Waals surface area (Å²) in [6.07, 6.45) is 1.73. The van der Waals surface area contributed by atoms with Crippen LogP contribution in [0.1, 0.15) is 28.4 Å². The summed E-state index contributed by atoms with van der Waals surface area (Å²) in [7, 11) is 0. The molecule has 2 aromatic rings. The summed E-state index contributed by atoms with van der Waals surface area (Å²) in [5.41, 5.74) is 3.03. The molecule has 0 atom stereocenters. The molecule has 0 amide bonds. The topological polar surface area (TPSA) is 39.1 Å². The van der Waals surface area contributed by atoms with Crippen LogP contribution in [0.25, 0.3) is 5.69 Å². The van der Waals surface area contributed by atoms with E-state index in [0.717, 1.165) is 11.3 Å². The number of rotatable bonds is 2. The Morgan fingerprint density at radius 1 is 1.11 bits per heavy atom. The van der Waals surface area contributed by atoms with Crippen molar-refractivity contribution in [2.24, 2.45) is 0 Å². The van der Waals surface area contributed by atoms with Crippen LogP contribution in [0, 0.1) is 13.8 Å². The van der Waals surface area contributed by atoms with Crippen LogP contribution >= 0.6 is 0 Å². The number of nitrogens with zero attached hydrogens (tertiary/aromatic N) is 1. The number of pyridine rings is 1. The van der Waals surface area contributed by atoms with Gasteiger partial charge in [0.25, 0.3) is 5.56 Å². The van der Waals surface area contributed by atoms with Crippen LogP contribution in [0.5, 0.6) is 0 Å². The van der Waals surface area contributed by atoms with Crippen molar-refractivity contribution in [1.82, 2.24) is 4.57 Å². The smallest absolute Gasteiger partial charge is 0.257 e. The fourth-order valence-electron chi connectivity index (χ4n) is 2.00. The van der Waals surface area contributed by atoms with Crippen molar-refractivity contribution >= 4 is 5.78 Å². The van der Waals surface area contributed by atoms with Crippen molar-refractivity contribution in [1.29, 1.82) is 0 Å². The molecule has 1 heterocycles. The minimum atomic E-state index is -0.0347. The predicted molar refractivity (Wildman–Crippen MR) is 71.5 cm³/mol. The van der Waals surface area contributed by atoms with Crippen LogP contribution in [0.15, 0.2) is 41.3 Å². The summed E-state index contributed by atoms with van der Waals surface area (Å²) in [4.78, 5) is 23.4. The van der Waals surface area contributed by atoms with Gasteiger partial charge in [0.2, 0.25) is 0 Å². The maximum absolute atomic E-state index is 12.0. The van der Waals surface area contributed by atoms with Crippen LogP contribution in [-0.2, 0) is 0 Å². The molecule has 0 unspecified atom stereocenters. The van der Waals surface area contributed by atoms with Gasteiger partial charge in [-0.15, -0.1) is 0 Å². The molecule has 0 bridgehead atoms. The first-order valence-electron chi connectivity index (χ1n) is 5.81. The van der Waals surface area contributed by atoms with Gasteiger partial charge in [-0.1, -0.05) is 6.07 Å². The number of benzene rings is 1. The molecule has 1 aromatic heterocycles. The van der Waals surface area contributed by atoms with Crippen molar-refractivity contribution < 1.29 is 4.79 Å². The Balaban J connectivity index is 2.60. The van der Waals surface area contributed by atoms with E-state index < -0.39 is 0 Å². The zero-order valence-electron chi connectivity index (χ0n) is 10.7. The van der Waals surface area contributed by atoms with Gasteiger partial charge in [0.05, 0.1) is 0 Å². The van der Waals surface area contributed by atoms with Gasteiger partial charge in [0, 0.05) is 23.0 Å². The Labute approximate surface area is 106 Å². The van der Waals surface area contributed by atoms with E-state index in [-0.39, 0.29) is 11.3 Å². The second kappa shape index (κ2) is 4.61. The molecule has 18 heavy (non-hydrogen) atoms. The maximum atomic E-state index is 12.0. The molecule has 0 spiro atoms. The van der Waals surface area contributed by atoms with Crippen molar-refractivity contribution in [2.75, 3.05) is 0 Å². The highest BCUT2D eigenvalue weighted by atomic mass is 16.1. The fourth-order valence-corrected chi connectivity index (χ4v) is 2.00. The lowest BCUT2D eigenvalue weighted by Gasteiger charge is -2.09. The largest absolute Gasteiger partial charge is 0.295 e. The molecule has 0 saturated carbocycles. The molecule has 0 aliphatic carbocycles. The van der Waals surface area contributed by atoms with E-state index in [9.17, 15) is 9.59 Å². The molecule has 0 saturated heterocycles. The van der Waals surface area contributed by atoms with Crippen LogP contribution in [0.3, 0.4) is 0 Å². The van der Waals surface area contributed by atoms with Gasteiger partial charge in [0.1, 0.15) is 0 Å². The van der Waals surface area contributed by atoms with Gasteiger partial charge >= 0.3 is 0 Å². The van der Waals surface area contributed by atoms with E-state index in [1.54, 1.807) is 42.8 Å². The zero-order valence-corrected chi connectivity index (χ0v) is 10.7.